The maximum Gasteiger partial charge on any atom is 0.427 e. The number of ether oxygens (including phenoxy) is 3. The maximum atomic E-state index is 14.8. The molecule has 14 nitrogen and oxygen atoms in total. The zero-order valence-corrected chi connectivity index (χ0v) is 33.0. The lowest BCUT2D eigenvalue weighted by Gasteiger charge is -2.34. The van der Waals surface area contributed by atoms with Crippen molar-refractivity contribution >= 4 is 44.6 Å². The summed E-state index contributed by atoms with van der Waals surface area (Å²) in [5.74, 6) is -4.65. The minimum Gasteiger partial charge on any atom is -0.494 e. The van der Waals surface area contributed by atoms with Crippen LogP contribution in [0, 0.1) is 23.6 Å². The number of allylic oxidation sites excluding steroid dienone is 1. The molecule has 3 heterocycles. The van der Waals surface area contributed by atoms with Crippen LogP contribution in [-0.4, -0.2) is 96.5 Å². The first-order valence-electron chi connectivity index (χ1n) is 18.9. The van der Waals surface area contributed by atoms with Crippen molar-refractivity contribution in [2.24, 2.45) is 17.8 Å². The molecule has 0 radical (unpaired) electrons. The van der Waals surface area contributed by atoms with Gasteiger partial charge in [0.1, 0.15) is 23.7 Å². The SMILES string of the molecule is COc1cc2ccnc(OC3CC4C(=O)NC5(C(=O)NS(=O)(=O)C6CC6)CC5C=CCCC(C)CC(C)C(NC(=O)OC(C)(C)C(F)(F)F)C(=O)N4C3)c2cc1F. The van der Waals surface area contributed by atoms with Gasteiger partial charge in [-0.1, -0.05) is 26.0 Å². The summed E-state index contributed by atoms with van der Waals surface area (Å²) < 4.78 is 99.8. The molecule has 3 fully saturated rings. The number of nitrogens with one attached hydrogen (secondary N) is 3. The molecule has 1 aromatic heterocycles. The van der Waals surface area contributed by atoms with E-state index in [1.807, 2.05) is 13.0 Å². The van der Waals surface area contributed by atoms with E-state index in [2.05, 4.69) is 20.3 Å². The number of rotatable bonds is 8. The number of aromatic nitrogens is 1. The summed E-state index contributed by atoms with van der Waals surface area (Å²) in [6.07, 6.45) is -0.296. The Morgan fingerprint density at radius 1 is 1.09 bits per heavy atom. The second-order valence-electron chi connectivity index (χ2n) is 16.1. The molecule has 7 atom stereocenters. The van der Waals surface area contributed by atoms with Gasteiger partial charge in [-0.3, -0.25) is 19.1 Å². The maximum absolute atomic E-state index is 14.8. The Hall–Kier alpha value is -4.68. The highest BCUT2D eigenvalue weighted by Gasteiger charge is 2.62. The number of benzene rings is 1. The summed E-state index contributed by atoms with van der Waals surface area (Å²) in [5.41, 5.74) is -4.57. The molecule has 6 rings (SSSR count). The highest BCUT2D eigenvalue weighted by molar-refractivity contribution is 7.91. The molecular weight excluding hydrogens is 779 g/mol. The average molecular weight is 826 g/mol. The fourth-order valence-corrected chi connectivity index (χ4v) is 8.86. The van der Waals surface area contributed by atoms with Crippen LogP contribution in [0.25, 0.3) is 10.8 Å². The van der Waals surface area contributed by atoms with Crippen molar-refractivity contribution in [2.45, 2.75) is 113 Å². The van der Waals surface area contributed by atoms with Crippen LogP contribution < -0.4 is 24.8 Å². The summed E-state index contributed by atoms with van der Waals surface area (Å²) in [6, 6.07) is 1.35. The lowest BCUT2D eigenvalue weighted by molar-refractivity contribution is -0.244. The Bertz CT molecular complexity index is 2060. The largest absolute Gasteiger partial charge is 0.494 e. The molecule has 312 valence electrons. The Morgan fingerprint density at radius 3 is 2.47 bits per heavy atom. The smallest absolute Gasteiger partial charge is 0.427 e. The first-order valence-corrected chi connectivity index (χ1v) is 20.4. The third-order valence-corrected chi connectivity index (χ3v) is 13.0. The van der Waals surface area contributed by atoms with Gasteiger partial charge in [-0.15, -0.1) is 0 Å². The highest BCUT2D eigenvalue weighted by Crippen LogP contribution is 2.46. The number of alkyl carbamates (subject to hydrolysis) is 1. The van der Waals surface area contributed by atoms with Crippen molar-refractivity contribution in [3.63, 3.8) is 0 Å². The summed E-state index contributed by atoms with van der Waals surface area (Å²) in [6.45, 7) is 4.61. The molecular formula is C38H47F4N5O9S. The van der Waals surface area contributed by atoms with Gasteiger partial charge < -0.3 is 29.7 Å². The van der Waals surface area contributed by atoms with Crippen LogP contribution in [0.2, 0.25) is 0 Å². The molecule has 7 unspecified atom stereocenters. The molecule has 3 N–H and O–H groups in total. The van der Waals surface area contributed by atoms with Crippen molar-refractivity contribution in [1.29, 1.82) is 0 Å². The third-order valence-electron chi connectivity index (χ3n) is 11.2. The number of amides is 4. The summed E-state index contributed by atoms with van der Waals surface area (Å²) >= 11 is 0. The number of halogens is 4. The third kappa shape index (κ3) is 8.92. The number of carbonyl (C=O) groups excluding carboxylic acids is 4. The molecule has 4 amide bonds. The van der Waals surface area contributed by atoms with Crippen molar-refractivity contribution in [3.8, 4) is 11.6 Å². The Labute approximate surface area is 327 Å². The van der Waals surface area contributed by atoms with E-state index >= 15 is 0 Å². The van der Waals surface area contributed by atoms with E-state index in [1.165, 1.54) is 19.4 Å². The normalized spacial score (nSPS) is 28.6. The van der Waals surface area contributed by atoms with E-state index in [-0.39, 0.29) is 42.3 Å². The van der Waals surface area contributed by atoms with Crippen LogP contribution in [-0.2, 0) is 29.1 Å². The average Bonchev–Trinajstić information content (AvgIpc) is 4.05. The van der Waals surface area contributed by atoms with Gasteiger partial charge in [-0.05, 0) is 87.8 Å². The zero-order chi connectivity index (χ0) is 41.7. The lowest BCUT2D eigenvalue weighted by Crippen LogP contribution is -2.59. The second-order valence-corrected chi connectivity index (χ2v) is 18.1. The number of pyridine rings is 1. The van der Waals surface area contributed by atoms with Crippen LogP contribution in [0.15, 0.2) is 36.5 Å². The van der Waals surface area contributed by atoms with Crippen molar-refractivity contribution in [1.82, 2.24) is 25.2 Å². The van der Waals surface area contributed by atoms with Crippen molar-refractivity contribution in [2.75, 3.05) is 13.7 Å². The molecule has 57 heavy (non-hydrogen) atoms. The van der Waals surface area contributed by atoms with Gasteiger partial charge in [0.2, 0.25) is 33.3 Å². The molecule has 4 aliphatic rings. The topological polar surface area (TPSA) is 182 Å². The molecule has 2 aliphatic carbocycles. The summed E-state index contributed by atoms with van der Waals surface area (Å²) in [4.78, 5) is 61.3. The number of hydrogen-bond donors (Lipinski definition) is 3. The van der Waals surface area contributed by atoms with Gasteiger partial charge in [0.15, 0.2) is 11.6 Å². The summed E-state index contributed by atoms with van der Waals surface area (Å²) in [7, 11) is -2.69. The summed E-state index contributed by atoms with van der Waals surface area (Å²) in [5, 5.41) is 5.12. The van der Waals surface area contributed by atoms with Gasteiger partial charge in [0, 0.05) is 23.9 Å². The quantitative estimate of drug-likeness (QED) is 0.250. The van der Waals surface area contributed by atoms with Crippen LogP contribution in [0.3, 0.4) is 0 Å². The molecule has 1 aromatic carbocycles. The van der Waals surface area contributed by atoms with Crippen LogP contribution in [0.1, 0.15) is 72.6 Å². The van der Waals surface area contributed by atoms with Gasteiger partial charge in [0.05, 0.1) is 18.9 Å². The fourth-order valence-electron chi connectivity index (χ4n) is 7.50. The minimum absolute atomic E-state index is 0.0241. The fraction of sp³-hybridized carbons (Fsp3) is 0.605. The Balaban J connectivity index is 1.35. The van der Waals surface area contributed by atoms with E-state index < -0.39 is 92.2 Å². The molecule has 2 aromatic rings. The first-order chi connectivity index (χ1) is 26.7. The van der Waals surface area contributed by atoms with Crippen LogP contribution >= 0.6 is 0 Å². The van der Waals surface area contributed by atoms with Gasteiger partial charge in [-0.25, -0.2) is 22.6 Å². The van der Waals surface area contributed by atoms with E-state index in [1.54, 1.807) is 19.1 Å². The van der Waals surface area contributed by atoms with E-state index in [0.717, 1.165) is 11.0 Å². The van der Waals surface area contributed by atoms with Crippen LogP contribution in [0.4, 0.5) is 22.4 Å². The van der Waals surface area contributed by atoms with E-state index in [4.69, 9.17) is 14.2 Å². The first kappa shape index (κ1) is 41.9. The number of nitrogens with zero attached hydrogens (tertiary/aromatic N) is 2. The number of alkyl halides is 3. The predicted molar refractivity (Wildman–Crippen MR) is 197 cm³/mol. The van der Waals surface area contributed by atoms with Crippen LogP contribution in [0.5, 0.6) is 11.6 Å². The Morgan fingerprint density at radius 2 is 1.81 bits per heavy atom. The second kappa shape index (κ2) is 15.6. The number of fused-ring (bicyclic) bond motifs is 3. The van der Waals surface area contributed by atoms with Gasteiger partial charge in [0.25, 0.3) is 5.91 Å². The number of carbonyl (C=O) groups is 4. The monoisotopic (exact) mass is 825 g/mol. The zero-order valence-electron chi connectivity index (χ0n) is 32.2. The van der Waals surface area contributed by atoms with Gasteiger partial charge in [-0.2, -0.15) is 13.2 Å². The van der Waals surface area contributed by atoms with Crippen molar-refractivity contribution in [3.05, 3.63) is 42.4 Å². The highest BCUT2D eigenvalue weighted by atomic mass is 32.2. The predicted octanol–water partition coefficient (Wildman–Crippen LogP) is 4.66. The van der Waals surface area contributed by atoms with E-state index in [9.17, 15) is 45.2 Å². The molecule has 2 aliphatic heterocycles. The van der Waals surface area contributed by atoms with Crippen molar-refractivity contribution < 1.29 is 59.4 Å². The molecule has 0 spiro atoms. The molecule has 19 heteroatoms. The molecule has 2 saturated carbocycles. The molecule has 1 saturated heterocycles. The van der Waals surface area contributed by atoms with E-state index in [0.29, 0.717) is 51.3 Å². The lowest BCUT2D eigenvalue weighted by atomic mass is 9.88. The molecule has 0 bridgehead atoms. The minimum atomic E-state index is -4.93. The number of sulfonamides is 1. The number of methoxy groups -OCH3 is 1. The number of hydrogen-bond acceptors (Lipinski definition) is 10. The Kier molecular flexibility index (Phi) is 11.5. The van der Waals surface area contributed by atoms with Gasteiger partial charge >= 0.3 is 12.3 Å². The standard InChI is InChI=1S/C38H47F4N5O9S/c1-20-8-6-7-9-23-18-37(23,34(50)46-57(52,53)25-10-11-25)45-31(48)28-16-24(55-32-26-17-27(39)29(54-5)15-22(26)12-13-43-32)19-47(28)33(49)30(21(2)14-20)44-35(51)56-36(3,4)38(40,41)42/h7,9,12-13,15,17,20-21,23-25,28,30H,6,8,10-11,14,16,18-19H2,1-5H3,(H,44,51)(H,45,48)(H,46,50).